The van der Waals surface area contributed by atoms with Crippen molar-refractivity contribution in [3.05, 3.63) is 81.4 Å². The van der Waals surface area contributed by atoms with E-state index in [0.717, 1.165) is 17.8 Å². The summed E-state index contributed by atoms with van der Waals surface area (Å²) in [6.07, 6.45) is 26.9. The van der Waals surface area contributed by atoms with Gasteiger partial charge < -0.3 is 5.32 Å². The van der Waals surface area contributed by atoms with Crippen LogP contribution in [0.1, 0.15) is 111 Å². The minimum Gasteiger partial charge on any atom is -0.382 e. The second kappa shape index (κ2) is 12.3. The molecule has 0 saturated carbocycles. The molecule has 0 saturated heterocycles. The maximum absolute atomic E-state index is 4.16. The lowest BCUT2D eigenvalue weighted by Crippen LogP contribution is -2.40. The smallest absolute Gasteiger partial charge is 0.0374 e. The Labute approximate surface area is 244 Å². The summed E-state index contributed by atoms with van der Waals surface area (Å²) in [4.78, 5) is 0. The summed E-state index contributed by atoms with van der Waals surface area (Å²) in [6, 6.07) is 9.70. The van der Waals surface area contributed by atoms with Crippen molar-refractivity contribution in [1.82, 2.24) is 5.32 Å². The number of fused-ring (bicyclic) bond motifs is 2. The molecule has 0 aromatic heterocycles. The van der Waals surface area contributed by atoms with Gasteiger partial charge in [0.2, 0.25) is 0 Å². The average molecular weight is 536 g/mol. The van der Waals surface area contributed by atoms with Crippen molar-refractivity contribution in [2.24, 2.45) is 29.6 Å². The Balaban J connectivity index is 1.29. The largest absolute Gasteiger partial charge is 0.382 e. The van der Waals surface area contributed by atoms with Crippen LogP contribution in [-0.4, -0.2) is 6.04 Å². The van der Waals surface area contributed by atoms with Crippen molar-refractivity contribution in [2.45, 2.75) is 117 Å². The molecule has 214 valence electrons. The van der Waals surface area contributed by atoms with Gasteiger partial charge in [0.25, 0.3) is 0 Å². The fourth-order valence-corrected chi connectivity index (χ4v) is 9.18. The van der Waals surface area contributed by atoms with E-state index >= 15 is 0 Å². The Bertz CT molecular complexity index is 1330. The van der Waals surface area contributed by atoms with E-state index in [1.54, 1.807) is 21.9 Å². The van der Waals surface area contributed by atoms with Crippen LogP contribution in [0, 0.1) is 29.6 Å². The molecule has 6 atom stereocenters. The molecule has 5 aliphatic carbocycles. The zero-order chi connectivity index (χ0) is 27.6. The molecule has 0 aliphatic heterocycles. The van der Waals surface area contributed by atoms with Crippen LogP contribution in [-0.2, 0) is 0 Å². The molecule has 6 rings (SSSR count). The lowest BCUT2D eigenvalue weighted by Gasteiger charge is -2.42. The first-order valence-corrected chi connectivity index (χ1v) is 16.8. The molecule has 5 aliphatic rings. The summed E-state index contributed by atoms with van der Waals surface area (Å²) in [5.41, 5.74) is 10.0. The van der Waals surface area contributed by atoms with Crippen LogP contribution < -0.4 is 15.8 Å². The molecule has 0 fully saturated rings. The predicted octanol–water partition coefficient (Wildman–Crippen LogP) is 8.91. The molecule has 1 nitrogen and oxygen atoms in total. The van der Waals surface area contributed by atoms with E-state index in [1.807, 2.05) is 11.1 Å². The van der Waals surface area contributed by atoms with E-state index in [2.05, 4.69) is 81.6 Å². The highest BCUT2D eigenvalue weighted by molar-refractivity contribution is 5.58. The van der Waals surface area contributed by atoms with E-state index in [1.165, 1.54) is 94.4 Å². The molecule has 40 heavy (non-hydrogen) atoms. The van der Waals surface area contributed by atoms with Crippen LogP contribution in [0.2, 0.25) is 0 Å². The summed E-state index contributed by atoms with van der Waals surface area (Å²) >= 11 is 0. The van der Waals surface area contributed by atoms with E-state index in [-0.39, 0.29) is 0 Å². The lowest BCUT2D eigenvalue weighted by atomic mass is 9.65. The van der Waals surface area contributed by atoms with Gasteiger partial charge in [0, 0.05) is 11.7 Å². The molecule has 1 aromatic carbocycles. The van der Waals surface area contributed by atoms with Gasteiger partial charge in [0.05, 0.1) is 0 Å². The molecular formula is C39H53N. The zero-order valence-corrected chi connectivity index (χ0v) is 25.8. The summed E-state index contributed by atoms with van der Waals surface area (Å²) in [6.45, 7) is 9.91. The Morgan fingerprint density at radius 2 is 1.65 bits per heavy atom. The molecule has 6 unspecified atom stereocenters. The Kier molecular flexibility index (Phi) is 8.57. The van der Waals surface area contributed by atoms with E-state index in [9.17, 15) is 0 Å². The van der Waals surface area contributed by atoms with Gasteiger partial charge in [-0.3, -0.25) is 0 Å². The Hall–Kier alpha value is -2.28. The number of hydrogen-bond acceptors (Lipinski definition) is 1. The first-order chi connectivity index (χ1) is 19.5. The topological polar surface area (TPSA) is 12.0 Å². The number of nitrogens with one attached hydrogen (secondary N) is 1. The Morgan fingerprint density at radius 3 is 2.52 bits per heavy atom. The first kappa shape index (κ1) is 27.9. The fourth-order valence-electron chi connectivity index (χ4n) is 9.18. The number of hydrogen-bond donors (Lipinski definition) is 1. The quantitative estimate of drug-likeness (QED) is 0.328. The summed E-state index contributed by atoms with van der Waals surface area (Å²) in [5.74, 6) is 3.63. The van der Waals surface area contributed by atoms with Gasteiger partial charge in [0.1, 0.15) is 0 Å². The summed E-state index contributed by atoms with van der Waals surface area (Å²) in [7, 11) is 0. The van der Waals surface area contributed by atoms with Gasteiger partial charge in [-0.25, -0.2) is 0 Å². The van der Waals surface area contributed by atoms with Gasteiger partial charge >= 0.3 is 0 Å². The summed E-state index contributed by atoms with van der Waals surface area (Å²) < 4.78 is 0. The van der Waals surface area contributed by atoms with Crippen molar-refractivity contribution >= 4 is 11.1 Å². The van der Waals surface area contributed by atoms with Gasteiger partial charge in [-0.05, 0) is 149 Å². The molecule has 0 bridgehead atoms. The highest BCUT2D eigenvalue weighted by atomic mass is 14.9. The predicted molar refractivity (Wildman–Crippen MR) is 172 cm³/mol. The fraction of sp³-hybridized carbons (Fsp3) is 0.590. The van der Waals surface area contributed by atoms with E-state index in [4.69, 9.17) is 0 Å². The van der Waals surface area contributed by atoms with Crippen LogP contribution in [0.5, 0.6) is 0 Å². The monoisotopic (exact) mass is 535 g/mol. The molecular weight excluding hydrogens is 482 g/mol. The molecule has 0 heterocycles. The minimum absolute atomic E-state index is 0.488. The van der Waals surface area contributed by atoms with Crippen molar-refractivity contribution < 1.29 is 0 Å². The number of rotatable bonds is 8. The molecule has 0 radical (unpaired) electrons. The molecule has 0 amide bonds. The third kappa shape index (κ3) is 5.60. The maximum atomic E-state index is 4.16. The van der Waals surface area contributed by atoms with Crippen LogP contribution in [0.15, 0.2) is 71.0 Å². The first-order valence-electron chi connectivity index (χ1n) is 16.8. The average Bonchev–Trinajstić information content (AvgIpc) is 2.98. The normalized spacial score (nSPS) is 28.6. The van der Waals surface area contributed by atoms with E-state index in [0.29, 0.717) is 17.9 Å². The van der Waals surface area contributed by atoms with Crippen LogP contribution in [0.3, 0.4) is 0 Å². The van der Waals surface area contributed by atoms with Crippen molar-refractivity contribution in [1.29, 1.82) is 0 Å². The Morgan fingerprint density at radius 1 is 0.850 bits per heavy atom. The van der Waals surface area contributed by atoms with Crippen molar-refractivity contribution in [3.8, 4) is 0 Å². The second-order valence-electron chi connectivity index (χ2n) is 14.0. The van der Waals surface area contributed by atoms with Crippen LogP contribution in [0.4, 0.5) is 0 Å². The summed E-state index contributed by atoms with van der Waals surface area (Å²) in [5, 5.41) is 7.20. The molecule has 1 heteroatoms. The van der Waals surface area contributed by atoms with E-state index < -0.39 is 0 Å². The minimum atomic E-state index is 0.488. The van der Waals surface area contributed by atoms with Crippen molar-refractivity contribution in [3.63, 3.8) is 0 Å². The lowest BCUT2D eigenvalue weighted by molar-refractivity contribution is 0.233. The number of benzene rings is 1. The van der Waals surface area contributed by atoms with Crippen molar-refractivity contribution in [2.75, 3.05) is 0 Å². The van der Waals surface area contributed by atoms with Gasteiger partial charge in [-0.15, -0.1) is 0 Å². The molecule has 1 N–H and O–H groups in total. The number of allylic oxidation sites excluding steroid dienone is 7. The molecule has 0 spiro atoms. The SMILES string of the molecule is CC1=c2ccccc2=C(C(C)CCC(C(C)NC2=C3C=CCCC3CC=C2)C2CCCC3=C2CCCC3C)CC1. The standard InChI is InChI=1S/C39H53N/c1-26-12-9-19-37-32(26)18-11-20-38(37)34(29(4)40-39-21-10-14-30-13-5-6-16-35(30)39)25-23-28(3)33-24-22-27(2)31-15-7-8-17-36(31)33/h6-8,10,15-17,21,26,28-30,34,38,40H,5,9,11-14,18-20,22-25H2,1-4H3. The highest BCUT2D eigenvalue weighted by Gasteiger charge is 2.36. The van der Waals surface area contributed by atoms with Crippen LogP contribution >= 0.6 is 0 Å². The van der Waals surface area contributed by atoms with Gasteiger partial charge in [-0.1, -0.05) is 78.6 Å². The third-order valence-corrected chi connectivity index (χ3v) is 11.5. The van der Waals surface area contributed by atoms with Crippen LogP contribution in [0.25, 0.3) is 11.1 Å². The maximum Gasteiger partial charge on any atom is 0.0374 e. The van der Waals surface area contributed by atoms with Gasteiger partial charge in [0.15, 0.2) is 0 Å². The second-order valence-corrected chi connectivity index (χ2v) is 14.0. The third-order valence-electron chi connectivity index (χ3n) is 11.5. The highest BCUT2D eigenvalue weighted by Crippen LogP contribution is 2.47. The molecule has 1 aromatic rings. The van der Waals surface area contributed by atoms with Gasteiger partial charge in [-0.2, -0.15) is 0 Å². The zero-order valence-electron chi connectivity index (χ0n) is 25.8.